The summed E-state index contributed by atoms with van der Waals surface area (Å²) in [5.41, 5.74) is 7.32. The van der Waals surface area contributed by atoms with Crippen molar-refractivity contribution in [2.45, 2.75) is 32.1 Å². The van der Waals surface area contributed by atoms with E-state index in [2.05, 4.69) is 5.10 Å². The Labute approximate surface area is 118 Å². The van der Waals surface area contributed by atoms with Crippen molar-refractivity contribution in [2.75, 3.05) is 11.6 Å². The molecule has 102 valence electrons. The summed E-state index contributed by atoms with van der Waals surface area (Å²) in [7, 11) is 0. The highest BCUT2D eigenvalue weighted by Gasteiger charge is 2.20. The zero-order valence-corrected chi connectivity index (χ0v) is 11.6. The third-order valence-corrected chi connectivity index (χ3v) is 3.40. The standard InChI is InChI=1S/C14H18ClN3O/c15-12-7-6-11(4-1-2-8-16)10-13(12)18-14(19)5-3-9-17-18/h6-7,9-10H,1-5,8,16H2. The van der Waals surface area contributed by atoms with Crippen LogP contribution in [0.3, 0.4) is 0 Å². The summed E-state index contributed by atoms with van der Waals surface area (Å²) in [6, 6.07) is 5.76. The molecule has 2 N–H and O–H groups in total. The number of benzene rings is 1. The van der Waals surface area contributed by atoms with Gasteiger partial charge in [-0.2, -0.15) is 10.1 Å². The van der Waals surface area contributed by atoms with Gasteiger partial charge in [-0.15, -0.1) is 0 Å². The van der Waals surface area contributed by atoms with Crippen molar-refractivity contribution in [1.29, 1.82) is 0 Å². The van der Waals surface area contributed by atoms with E-state index in [4.69, 9.17) is 17.3 Å². The first-order valence-electron chi connectivity index (χ1n) is 6.56. The molecule has 2 rings (SSSR count). The van der Waals surface area contributed by atoms with E-state index in [9.17, 15) is 4.79 Å². The molecule has 0 aromatic heterocycles. The molecule has 0 unspecified atom stereocenters. The Morgan fingerprint density at radius 2 is 2.21 bits per heavy atom. The monoisotopic (exact) mass is 279 g/mol. The lowest BCUT2D eigenvalue weighted by molar-refractivity contribution is -0.118. The molecule has 0 saturated heterocycles. The molecule has 1 aliphatic heterocycles. The van der Waals surface area contributed by atoms with E-state index in [0.717, 1.165) is 24.8 Å². The van der Waals surface area contributed by atoms with Gasteiger partial charge in [-0.1, -0.05) is 17.7 Å². The summed E-state index contributed by atoms with van der Waals surface area (Å²) in [5.74, 6) is -0.0106. The molecule has 1 aromatic rings. The number of unbranched alkanes of at least 4 members (excludes halogenated alkanes) is 1. The summed E-state index contributed by atoms with van der Waals surface area (Å²) < 4.78 is 0. The number of nitrogens with zero attached hydrogens (tertiary/aromatic N) is 2. The van der Waals surface area contributed by atoms with Gasteiger partial charge in [-0.25, -0.2) is 0 Å². The normalized spacial score (nSPS) is 15.1. The van der Waals surface area contributed by atoms with Crippen molar-refractivity contribution in [2.24, 2.45) is 10.8 Å². The summed E-state index contributed by atoms with van der Waals surface area (Å²) in [4.78, 5) is 11.9. The summed E-state index contributed by atoms with van der Waals surface area (Å²) >= 11 is 6.17. The van der Waals surface area contributed by atoms with Gasteiger partial charge in [-0.3, -0.25) is 4.79 Å². The van der Waals surface area contributed by atoms with E-state index in [-0.39, 0.29) is 5.91 Å². The number of rotatable bonds is 5. The van der Waals surface area contributed by atoms with Gasteiger partial charge in [0.2, 0.25) is 5.91 Å². The average molecular weight is 280 g/mol. The lowest BCUT2D eigenvalue weighted by Crippen LogP contribution is -2.28. The molecule has 4 nitrogen and oxygen atoms in total. The number of hydrogen-bond donors (Lipinski definition) is 1. The predicted molar refractivity (Wildman–Crippen MR) is 78.7 cm³/mol. The van der Waals surface area contributed by atoms with Crippen LogP contribution in [0.2, 0.25) is 5.02 Å². The fourth-order valence-electron chi connectivity index (χ4n) is 2.04. The maximum absolute atomic E-state index is 11.9. The fraction of sp³-hybridized carbons (Fsp3) is 0.429. The molecule has 0 aliphatic carbocycles. The number of hydrogen-bond acceptors (Lipinski definition) is 3. The topological polar surface area (TPSA) is 58.7 Å². The number of aryl methyl sites for hydroxylation is 1. The van der Waals surface area contributed by atoms with Gasteiger partial charge in [0.15, 0.2) is 0 Å². The molecule has 5 heteroatoms. The third kappa shape index (κ3) is 3.55. The van der Waals surface area contributed by atoms with Crippen LogP contribution in [0.5, 0.6) is 0 Å². The van der Waals surface area contributed by atoms with Crippen LogP contribution in [0.1, 0.15) is 31.2 Å². The molecule has 1 heterocycles. The van der Waals surface area contributed by atoms with E-state index in [0.29, 0.717) is 30.1 Å². The first-order chi connectivity index (χ1) is 9.22. The van der Waals surface area contributed by atoms with Gasteiger partial charge in [0.05, 0.1) is 10.7 Å². The second kappa shape index (κ2) is 6.68. The largest absolute Gasteiger partial charge is 0.330 e. The SMILES string of the molecule is NCCCCc1ccc(Cl)c(N2N=CCCC2=O)c1. The highest BCUT2D eigenvalue weighted by Crippen LogP contribution is 2.29. The number of nitrogens with two attached hydrogens (primary N) is 1. The van der Waals surface area contributed by atoms with Crippen molar-refractivity contribution >= 4 is 29.4 Å². The van der Waals surface area contributed by atoms with Crippen LogP contribution in [-0.2, 0) is 11.2 Å². The number of anilines is 1. The van der Waals surface area contributed by atoms with Gasteiger partial charge in [0.1, 0.15) is 0 Å². The molecular formula is C14H18ClN3O. The van der Waals surface area contributed by atoms with E-state index < -0.39 is 0 Å². The van der Waals surface area contributed by atoms with Crippen LogP contribution in [0.15, 0.2) is 23.3 Å². The molecule has 0 bridgehead atoms. The Kier molecular flexibility index (Phi) is 4.93. The Morgan fingerprint density at radius 3 is 2.95 bits per heavy atom. The van der Waals surface area contributed by atoms with Crippen molar-refractivity contribution in [3.63, 3.8) is 0 Å². The summed E-state index contributed by atoms with van der Waals surface area (Å²) in [6.07, 6.45) is 5.90. The average Bonchev–Trinajstić information content (AvgIpc) is 2.42. The summed E-state index contributed by atoms with van der Waals surface area (Å²) in [6.45, 7) is 0.704. The maximum Gasteiger partial charge on any atom is 0.247 e. The van der Waals surface area contributed by atoms with Gasteiger partial charge >= 0.3 is 0 Å². The predicted octanol–water partition coefficient (Wildman–Crippen LogP) is 2.73. The number of carbonyl (C=O) groups is 1. The molecule has 0 atom stereocenters. The van der Waals surface area contributed by atoms with E-state index in [1.54, 1.807) is 6.21 Å². The quantitative estimate of drug-likeness (QED) is 0.843. The molecule has 0 radical (unpaired) electrons. The highest BCUT2D eigenvalue weighted by molar-refractivity contribution is 6.33. The summed E-state index contributed by atoms with van der Waals surface area (Å²) in [5, 5.41) is 6.09. The lowest BCUT2D eigenvalue weighted by Gasteiger charge is -2.21. The first kappa shape index (κ1) is 14.0. The van der Waals surface area contributed by atoms with E-state index >= 15 is 0 Å². The Balaban J connectivity index is 2.19. The number of carbonyl (C=O) groups excluding carboxylic acids is 1. The number of halogens is 1. The van der Waals surface area contributed by atoms with Gasteiger partial charge in [-0.05, 0) is 49.9 Å². The minimum atomic E-state index is -0.0106. The van der Waals surface area contributed by atoms with Crippen LogP contribution < -0.4 is 10.7 Å². The second-order valence-corrected chi connectivity index (χ2v) is 4.98. The lowest BCUT2D eigenvalue weighted by atomic mass is 10.1. The van der Waals surface area contributed by atoms with Gasteiger partial charge < -0.3 is 5.73 Å². The molecule has 1 aromatic carbocycles. The van der Waals surface area contributed by atoms with Crippen molar-refractivity contribution in [1.82, 2.24) is 0 Å². The molecular weight excluding hydrogens is 262 g/mol. The third-order valence-electron chi connectivity index (χ3n) is 3.08. The maximum atomic E-state index is 11.9. The first-order valence-corrected chi connectivity index (χ1v) is 6.94. The number of amides is 1. The Morgan fingerprint density at radius 1 is 1.37 bits per heavy atom. The molecule has 0 spiro atoms. The van der Waals surface area contributed by atoms with E-state index in [1.165, 1.54) is 5.01 Å². The van der Waals surface area contributed by atoms with Gasteiger partial charge in [0, 0.05) is 12.6 Å². The fourth-order valence-corrected chi connectivity index (χ4v) is 2.24. The molecule has 1 amide bonds. The molecule has 0 saturated carbocycles. The van der Waals surface area contributed by atoms with Crippen LogP contribution in [0.25, 0.3) is 0 Å². The minimum Gasteiger partial charge on any atom is -0.330 e. The Hall–Kier alpha value is -1.39. The van der Waals surface area contributed by atoms with Crippen molar-refractivity contribution in [3.8, 4) is 0 Å². The zero-order chi connectivity index (χ0) is 13.7. The molecule has 19 heavy (non-hydrogen) atoms. The minimum absolute atomic E-state index is 0.0106. The van der Waals surface area contributed by atoms with Gasteiger partial charge in [0.25, 0.3) is 0 Å². The zero-order valence-electron chi connectivity index (χ0n) is 10.8. The van der Waals surface area contributed by atoms with Crippen LogP contribution in [-0.4, -0.2) is 18.7 Å². The van der Waals surface area contributed by atoms with Crippen LogP contribution in [0.4, 0.5) is 5.69 Å². The van der Waals surface area contributed by atoms with Crippen LogP contribution in [0, 0.1) is 0 Å². The van der Waals surface area contributed by atoms with Crippen molar-refractivity contribution in [3.05, 3.63) is 28.8 Å². The smallest absolute Gasteiger partial charge is 0.247 e. The second-order valence-electron chi connectivity index (χ2n) is 4.57. The van der Waals surface area contributed by atoms with E-state index in [1.807, 2.05) is 18.2 Å². The van der Waals surface area contributed by atoms with Crippen LogP contribution >= 0.6 is 11.6 Å². The highest BCUT2D eigenvalue weighted by atomic mass is 35.5. The Bertz CT molecular complexity index is 488. The number of hydrazone groups is 1. The molecule has 1 aliphatic rings. The van der Waals surface area contributed by atoms with Crippen molar-refractivity contribution < 1.29 is 4.79 Å². The molecule has 0 fully saturated rings.